The molecule has 7 nitrogen and oxygen atoms in total. The number of ether oxygens (including phenoxy) is 1. The van der Waals surface area contributed by atoms with Gasteiger partial charge in [0, 0.05) is 5.71 Å². The van der Waals surface area contributed by atoms with Crippen molar-refractivity contribution in [1.82, 2.24) is 10.2 Å². The van der Waals surface area contributed by atoms with Crippen LogP contribution in [0.25, 0.3) is 0 Å². The molecule has 0 saturated carbocycles. The Hall–Kier alpha value is -2.66. The highest BCUT2D eigenvalue weighted by Gasteiger charge is 2.21. The molecule has 25 heavy (non-hydrogen) atoms. The van der Waals surface area contributed by atoms with E-state index in [1.807, 2.05) is 38.1 Å². The fourth-order valence-corrected chi connectivity index (χ4v) is 2.67. The number of hydrogen-bond donors (Lipinski definition) is 1. The van der Waals surface area contributed by atoms with Gasteiger partial charge >= 0.3 is 0 Å². The van der Waals surface area contributed by atoms with Crippen molar-refractivity contribution < 1.29 is 13.9 Å². The van der Waals surface area contributed by atoms with Crippen LogP contribution < -0.4 is 4.74 Å². The van der Waals surface area contributed by atoms with Crippen LogP contribution in [0.3, 0.4) is 0 Å². The molecule has 0 spiro atoms. The van der Waals surface area contributed by atoms with Crippen molar-refractivity contribution in [2.24, 2.45) is 5.92 Å². The van der Waals surface area contributed by atoms with Crippen LogP contribution in [0.2, 0.25) is 0 Å². The van der Waals surface area contributed by atoms with E-state index in [2.05, 4.69) is 10.2 Å². The molecule has 1 atom stereocenters. The third-order valence-corrected chi connectivity index (χ3v) is 4.21. The molecule has 2 aromatic rings. The van der Waals surface area contributed by atoms with Gasteiger partial charge in [0.25, 0.3) is 11.1 Å². The largest absolute Gasteiger partial charge is 0.484 e. The van der Waals surface area contributed by atoms with E-state index in [1.54, 1.807) is 0 Å². The summed E-state index contributed by atoms with van der Waals surface area (Å²) in [6.45, 7) is 5.50. The quantitative estimate of drug-likeness (QED) is 0.570. The maximum atomic E-state index is 11.9. The third-order valence-electron chi connectivity index (χ3n) is 3.37. The number of benzene rings is 1. The van der Waals surface area contributed by atoms with Crippen LogP contribution in [0, 0.1) is 36.5 Å². The Morgan fingerprint density at radius 1 is 1.44 bits per heavy atom. The van der Waals surface area contributed by atoms with Crippen molar-refractivity contribution in [1.29, 1.82) is 10.7 Å². The Kier molecular flexibility index (Phi) is 6.31. The smallest absolute Gasteiger partial charge is 0.277 e. The standard InChI is InChI=1S/C17H18N4O3S/c1-10-4-5-11(2)15(6-10)23-8-16-20-21-17(24-16)25-9-14(22)13(7-18)12(3)19/h4-6,13,19H,8-9H2,1-3H3/t13-/m1/s1. The molecule has 1 heterocycles. The van der Waals surface area contributed by atoms with E-state index in [1.165, 1.54) is 6.92 Å². The van der Waals surface area contributed by atoms with Crippen LogP contribution in [-0.2, 0) is 11.4 Å². The molecule has 2 rings (SSSR count). The Bertz CT molecular complexity index is 826. The first-order valence-corrected chi connectivity index (χ1v) is 8.52. The molecular formula is C17H18N4O3S. The summed E-state index contributed by atoms with van der Waals surface area (Å²) in [4.78, 5) is 11.9. The summed E-state index contributed by atoms with van der Waals surface area (Å²) in [5, 5.41) is 24.3. The van der Waals surface area contributed by atoms with Gasteiger partial charge in [-0.25, -0.2) is 0 Å². The van der Waals surface area contributed by atoms with Crippen molar-refractivity contribution in [3.63, 3.8) is 0 Å². The molecule has 0 fully saturated rings. The summed E-state index contributed by atoms with van der Waals surface area (Å²) >= 11 is 1.04. The summed E-state index contributed by atoms with van der Waals surface area (Å²) in [7, 11) is 0. The van der Waals surface area contributed by atoms with Gasteiger partial charge in [-0.3, -0.25) is 4.79 Å². The predicted molar refractivity (Wildman–Crippen MR) is 92.8 cm³/mol. The Labute approximate surface area is 149 Å². The molecule has 8 heteroatoms. The van der Waals surface area contributed by atoms with Crippen molar-refractivity contribution in [2.45, 2.75) is 32.6 Å². The van der Waals surface area contributed by atoms with Gasteiger partial charge in [-0.1, -0.05) is 23.9 Å². The lowest BCUT2D eigenvalue weighted by molar-refractivity contribution is -0.117. The van der Waals surface area contributed by atoms with E-state index < -0.39 is 5.92 Å². The van der Waals surface area contributed by atoms with Crippen LogP contribution in [0.15, 0.2) is 27.8 Å². The lowest BCUT2D eigenvalue weighted by Crippen LogP contribution is -2.21. The van der Waals surface area contributed by atoms with Crippen LogP contribution in [-0.4, -0.2) is 27.4 Å². The molecule has 1 aromatic carbocycles. The molecular weight excluding hydrogens is 340 g/mol. The third kappa shape index (κ3) is 5.16. The summed E-state index contributed by atoms with van der Waals surface area (Å²) in [6.07, 6.45) is 0. The molecule has 0 bridgehead atoms. The van der Waals surface area contributed by atoms with Crippen molar-refractivity contribution >= 4 is 23.3 Å². The number of aryl methyl sites for hydroxylation is 2. The fraction of sp³-hybridized carbons (Fsp3) is 0.353. The predicted octanol–water partition coefficient (Wildman–Crippen LogP) is 3.11. The number of nitrogens with one attached hydrogen (secondary N) is 1. The topological polar surface area (TPSA) is 113 Å². The maximum Gasteiger partial charge on any atom is 0.277 e. The number of nitrogens with zero attached hydrogens (tertiary/aromatic N) is 3. The van der Waals surface area contributed by atoms with Crippen LogP contribution in [0.4, 0.5) is 0 Å². The maximum absolute atomic E-state index is 11.9. The van der Waals surface area contributed by atoms with Crippen molar-refractivity contribution in [3.05, 3.63) is 35.2 Å². The molecule has 0 aliphatic heterocycles. The molecule has 0 saturated heterocycles. The van der Waals surface area contributed by atoms with Crippen LogP contribution >= 0.6 is 11.8 Å². The fourth-order valence-electron chi connectivity index (χ4n) is 1.98. The number of carbonyl (C=O) groups is 1. The van der Waals surface area contributed by atoms with Gasteiger partial charge in [-0.05, 0) is 38.0 Å². The summed E-state index contributed by atoms with van der Waals surface area (Å²) in [6, 6.07) is 7.73. The Morgan fingerprint density at radius 3 is 2.88 bits per heavy atom. The minimum absolute atomic E-state index is 0.00603. The zero-order chi connectivity index (χ0) is 18.4. The molecule has 1 aromatic heterocycles. The van der Waals surface area contributed by atoms with E-state index in [4.69, 9.17) is 19.8 Å². The second kappa shape index (κ2) is 8.44. The average Bonchev–Trinajstić information content (AvgIpc) is 3.02. The van der Waals surface area contributed by atoms with Crippen molar-refractivity contribution in [3.8, 4) is 11.8 Å². The van der Waals surface area contributed by atoms with Gasteiger partial charge < -0.3 is 14.6 Å². The van der Waals surface area contributed by atoms with Crippen LogP contribution in [0.5, 0.6) is 5.75 Å². The second-order valence-electron chi connectivity index (χ2n) is 5.52. The van der Waals surface area contributed by atoms with E-state index in [9.17, 15) is 4.79 Å². The molecule has 0 radical (unpaired) electrons. The van der Waals surface area contributed by atoms with Gasteiger partial charge in [-0.2, -0.15) is 5.26 Å². The second-order valence-corrected chi connectivity index (χ2v) is 6.45. The molecule has 0 amide bonds. The van der Waals surface area contributed by atoms with Gasteiger partial charge in [0.05, 0.1) is 11.8 Å². The first kappa shape index (κ1) is 18.7. The lowest BCUT2D eigenvalue weighted by Gasteiger charge is -2.07. The number of Topliss-reactive ketones (excluding diaryl/α,β-unsaturated/α-hetero) is 1. The highest BCUT2D eigenvalue weighted by atomic mass is 32.2. The summed E-state index contributed by atoms with van der Waals surface area (Å²) in [5.41, 5.74) is 2.13. The van der Waals surface area contributed by atoms with Gasteiger partial charge in [-0.15, -0.1) is 10.2 Å². The minimum atomic E-state index is -1.03. The summed E-state index contributed by atoms with van der Waals surface area (Å²) in [5.74, 6) is -0.334. The van der Waals surface area contributed by atoms with Gasteiger partial charge in [0.2, 0.25) is 0 Å². The molecule has 0 unspecified atom stereocenters. The first-order chi connectivity index (χ1) is 11.9. The number of rotatable bonds is 8. The molecule has 0 aliphatic carbocycles. The van der Waals surface area contributed by atoms with E-state index >= 15 is 0 Å². The number of ketones is 1. The highest BCUT2D eigenvalue weighted by molar-refractivity contribution is 7.99. The first-order valence-electron chi connectivity index (χ1n) is 7.53. The molecule has 1 N–H and O–H groups in total. The summed E-state index contributed by atoms with van der Waals surface area (Å²) < 4.78 is 11.1. The zero-order valence-corrected chi connectivity index (χ0v) is 15.0. The monoisotopic (exact) mass is 358 g/mol. The Balaban J connectivity index is 1.90. The zero-order valence-electron chi connectivity index (χ0n) is 14.2. The number of nitriles is 1. The SMILES string of the molecule is CC(=N)[C@@H](C#N)C(=O)CSc1nnc(COc2cc(C)ccc2C)o1. The van der Waals surface area contributed by atoms with E-state index in [-0.39, 0.29) is 29.1 Å². The molecule has 0 aliphatic rings. The highest BCUT2D eigenvalue weighted by Crippen LogP contribution is 2.22. The minimum Gasteiger partial charge on any atom is -0.484 e. The van der Waals surface area contributed by atoms with Gasteiger partial charge in [0.1, 0.15) is 11.7 Å². The number of hydrogen-bond acceptors (Lipinski definition) is 8. The van der Waals surface area contributed by atoms with Crippen molar-refractivity contribution in [2.75, 3.05) is 5.75 Å². The van der Waals surface area contributed by atoms with Gasteiger partial charge in [0.15, 0.2) is 12.4 Å². The molecule has 130 valence electrons. The number of carbonyl (C=O) groups excluding carboxylic acids is 1. The van der Waals surface area contributed by atoms with E-state index in [0.29, 0.717) is 5.89 Å². The number of aromatic nitrogens is 2. The number of thioether (sulfide) groups is 1. The average molecular weight is 358 g/mol. The van der Waals surface area contributed by atoms with Crippen LogP contribution in [0.1, 0.15) is 23.9 Å². The van der Waals surface area contributed by atoms with E-state index in [0.717, 1.165) is 28.6 Å². The Morgan fingerprint density at radius 2 is 2.20 bits per heavy atom. The lowest BCUT2D eigenvalue weighted by atomic mass is 10.0. The normalized spacial score (nSPS) is 11.6.